The van der Waals surface area contributed by atoms with Gasteiger partial charge < -0.3 is 20.0 Å². The van der Waals surface area contributed by atoms with E-state index in [4.69, 9.17) is 4.42 Å². The van der Waals surface area contributed by atoms with Crippen LogP contribution in [0.15, 0.2) is 35.2 Å². The lowest BCUT2D eigenvalue weighted by atomic mass is 10.3. The van der Waals surface area contributed by atoms with E-state index in [1.807, 2.05) is 19.0 Å². The summed E-state index contributed by atoms with van der Waals surface area (Å²) < 4.78 is 6.73. The van der Waals surface area contributed by atoms with Gasteiger partial charge >= 0.3 is 0 Å². The Morgan fingerprint density at radius 2 is 2.22 bits per heavy atom. The van der Waals surface area contributed by atoms with Gasteiger partial charge in [-0.25, -0.2) is 0 Å². The van der Waals surface area contributed by atoms with Crippen LogP contribution in [-0.2, 0) is 11.3 Å². The summed E-state index contributed by atoms with van der Waals surface area (Å²) in [6.07, 6.45) is 4.73. The molecule has 0 aliphatic carbocycles. The van der Waals surface area contributed by atoms with Crippen molar-refractivity contribution in [3.63, 3.8) is 0 Å². The van der Waals surface area contributed by atoms with Crippen molar-refractivity contribution >= 4 is 17.5 Å². The zero-order chi connectivity index (χ0) is 16.8. The molecule has 1 atom stereocenters. The standard InChI is InChI=1S/C15H21N5O3/c1-11(17-15(22)13-5-4-8-23-13)14(21)18-12-9-16-20(10-12)7-6-19(2)3/h4-5,8-11H,6-7H2,1-3H3,(H,17,22)(H,18,21). The summed E-state index contributed by atoms with van der Waals surface area (Å²) >= 11 is 0. The number of aromatic nitrogens is 2. The molecule has 2 aromatic heterocycles. The molecule has 8 heteroatoms. The molecule has 0 saturated carbocycles. The highest BCUT2D eigenvalue weighted by Crippen LogP contribution is 2.06. The smallest absolute Gasteiger partial charge is 0.287 e. The second kappa shape index (κ2) is 7.59. The maximum atomic E-state index is 12.1. The van der Waals surface area contributed by atoms with Crippen LogP contribution < -0.4 is 10.6 Å². The first-order chi connectivity index (χ1) is 11.0. The molecule has 0 radical (unpaired) electrons. The molecule has 2 amide bonds. The molecule has 0 saturated heterocycles. The lowest BCUT2D eigenvalue weighted by Crippen LogP contribution is -2.41. The fourth-order valence-corrected chi connectivity index (χ4v) is 1.84. The Bertz CT molecular complexity index is 648. The van der Waals surface area contributed by atoms with E-state index in [1.54, 1.807) is 30.1 Å². The van der Waals surface area contributed by atoms with Gasteiger partial charge in [0, 0.05) is 12.7 Å². The summed E-state index contributed by atoms with van der Waals surface area (Å²) in [4.78, 5) is 26.0. The van der Waals surface area contributed by atoms with Crippen molar-refractivity contribution < 1.29 is 14.0 Å². The van der Waals surface area contributed by atoms with Crippen LogP contribution in [0.1, 0.15) is 17.5 Å². The predicted octanol–water partition coefficient (Wildman–Crippen LogP) is 0.795. The number of nitrogens with zero attached hydrogens (tertiary/aromatic N) is 3. The van der Waals surface area contributed by atoms with Crippen molar-refractivity contribution in [2.75, 3.05) is 26.0 Å². The lowest BCUT2D eigenvalue weighted by Gasteiger charge is -2.12. The number of amides is 2. The van der Waals surface area contributed by atoms with Gasteiger partial charge in [0.2, 0.25) is 5.91 Å². The van der Waals surface area contributed by atoms with Crippen molar-refractivity contribution in [1.29, 1.82) is 0 Å². The van der Waals surface area contributed by atoms with E-state index >= 15 is 0 Å². The van der Waals surface area contributed by atoms with Gasteiger partial charge in [0.1, 0.15) is 6.04 Å². The molecular weight excluding hydrogens is 298 g/mol. The maximum Gasteiger partial charge on any atom is 0.287 e. The van der Waals surface area contributed by atoms with E-state index in [1.165, 1.54) is 12.3 Å². The molecule has 8 nitrogen and oxygen atoms in total. The minimum atomic E-state index is -0.697. The fourth-order valence-electron chi connectivity index (χ4n) is 1.84. The van der Waals surface area contributed by atoms with Crippen molar-refractivity contribution in [3.05, 3.63) is 36.5 Å². The van der Waals surface area contributed by atoms with Crippen molar-refractivity contribution in [2.24, 2.45) is 0 Å². The van der Waals surface area contributed by atoms with E-state index in [0.717, 1.165) is 13.1 Å². The third-order valence-corrected chi connectivity index (χ3v) is 3.16. The number of carbonyl (C=O) groups is 2. The summed E-state index contributed by atoms with van der Waals surface area (Å²) in [6, 6.07) is 2.45. The number of hydrogen-bond donors (Lipinski definition) is 2. The third kappa shape index (κ3) is 4.96. The zero-order valence-corrected chi connectivity index (χ0v) is 13.4. The molecule has 1 unspecified atom stereocenters. The first-order valence-corrected chi connectivity index (χ1v) is 7.28. The molecule has 0 aliphatic heterocycles. The van der Waals surface area contributed by atoms with E-state index in [9.17, 15) is 9.59 Å². The van der Waals surface area contributed by atoms with Gasteiger partial charge in [0.25, 0.3) is 5.91 Å². The van der Waals surface area contributed by atoms with Crippen LogP contribution in [0.4, 0.5) is 5.69 Å². The molecule has 0 aromatic carbocycles. The van der Waals surface area contributed by atoms with Crippen LogP contribution in [0.3, 0.4) is 0 Å². The summed E-state index contributed by atoms with van der Waals surface area (Å²) in [5, 5.41) is 9.46. The molecule has 0 aliphatic rings. The summed E-state index contributed by atoms with van der Waals surface area (Å²) in [5.74, 6) is -0.586. The molecule has 0 spiro atoms. The second-order valence-corrected chi connectivity index (χ2v) is 5.46. The van der Waals surface area contributed by atoms with Crippen LogP contribution >= 0.6 is 0 Å². The largest absolute Gasteiger partial charge is 0.459 e. The number of furan rings is 1. The normalized spacial score (nSPS) is 12.2. The molecule has 2 rings (SSSR count). The molecule has 124 valence electrons. The van der Waals surface area contributed by atoms with E-state index < -0.39 is 11.9 Å². The number of nitrogens with one attached hydrogen (secondary N) is 2. The predicted molar refractivity (Wildman–Crippen MR) is 85.0 cm³/mol. The average molecular weight is 319 g/mol. The van der Waals surface area contributed by atoms with Crippen LogP contribution in [0.5, 0.6) is 0 Å². The van der Waals surface area contributed by atoms with Crippen molar-refractivity contribution in [1.82, 2.24) is 20.0 Å². The Morgan fingerprint density at radius 1 is 1.43 bits per heavy atom. The first kappa shape index (κ1) is 16.8. The Labute approximate surface area is 134 Å². The Balaban J connectivity index is 1.85. The average Bonchev–Trinajstić information content (AvgIpc) is 3.16. The molecule has 0 fully saturated rings. The minimum Gasteiger partial charge on any atom is -0.459 e. The fraction of sp³-hybridized carbons (Fsp3) is 0.400. The highest BCUT2D eigenvalue weighted by atomic mass is 16.3. The SMILES string of the molecule is CC(NC(=O)c1ccco1)C(=O)Nc1cnn(CCN(C)C)c1. The van der Waals surface area contributed by atoms with E-state index in [0.29, 0.717) is 5.69 Å². The quantitative estimate of drug-likeness (QED) is 0.787. The molecule has 2 heterocycles. The van der Waals surface area contributed by atoms with Gasteiger partial charge in [-0.2, -0.15) is 5.10 Å². The van der Waals surface area contributed by atoms with Crippen LogP contribution in [-0.4, -0.2) is 53.2 Å². The van der Waals surface area contributed by atoms with Crippen LogP contribution in [0.25, 0.3) is 0 Å². The molecule has 0 bridgehead atoms. The molecule has 23 heavy (non-hydrogen) atoms. The summed E-state index contributed by atoms with van der Waals surface area (Å²) in [5.41, 5.74) is 0.591. The van der Waals surface area contributed by atoms with Crippen molar-refractivity contribution in [2.45, 2.75) is 19.5 Å². The number of rotatable bonds is 7. The highest BCUT2D eigenvalue weighted by molar-refractivity contribution is 5.99. The summed E-state index contributed by atoms with van der Waals surface area (Å²) in [7, 11) is 3.96. The number of anilines is 1. The third-order valence-electron chi connectivity index (χ3n) is 3.16. The lowest BCUT2D eigenvalue weighted by molar-refractivity contribution is -0.117. The van der Waals surface area contributed by atoms with Gasteiger partial charge in [0.05, 0.1) is 24.7 Å². The number of hydrogen-bond acceptors (Lipinski definition) is 5. The van der Waals surface area contributed by atoms with Gasteiger partial charge in [-0.05, 0) is 33.2 Å². The maximum absolute atomic E-state index is 12.1. The number of carbonyl (C=O) groups excluding carboxylic acids is 2. The molecule has 2 N–H and O–H groups in total. The zero-order valence-electron chi connectivity index (χ0n) is 13.4. The van der Waals surface area contributed by atoms with Gasteiger partial charge in [-0.15, -0.1) is 0 Å². The first-order valence-electron chi connectivity index (χ1n) is 7.28. The monoisotopic (exact) mass is 319 g/mol. The Kier molecular flexibility index (Phi) is 5.53. The van der Waals surface area contributed by atoms with Crippen LogP contribution in [0, 0.1) is 0 Å². The second-order valence-electron chi connectivity index (χ2n) is 5.46. The van der Waals surface area contributed by atoms with Gasteiger partial charge in [-0.1, -0.05) is 0 Å². The Morgan fingerprint density at radius 3 is 2.87 bits per heavy atom. The van der Waals surface area contributed by atoms with E-state index in [-0.39, 0.29) is 11.7 Å². The Hall–Kier alpha value is -2.61. The highest BCUT2D eigenvalue weighted by Gasteiger charge is 2.18. The van der Waals surface area contributed by atoms with Gasteiger partial charge in [0.15, 0.2) is 5.76 Å². The van der Waals surface area contributed by atoms with Crippen LogP contribution in [0.2, 0.25) is 0 Å². The van der Waals surface area contributed by atoms with Crippen molar-refractivity contribution in [3.8, 4) is 0 Å². The molecule has 2 aromatic rings. The van der Waals surface area contributed by atoms with Gasteiger partial charge in [-0.3, -0.25) is 14.3 Å². The molecular formula is C15H21N5O3. The minimum absolute atomic E-state index is 0.168. The number of likely N-dealkylation sites (N-methyl/N-ethyl adjacent to an activating group) is 1. The van der Waals surface area contributed by atoms with E-state index in [2.05, 4.69) is 15.7 Å². The summed E-state index contributed by atoms with van der Waals surface area (Å²) in [6.45, 7) is 3.19. The topological polar surface area (TPSA) is 92.4 Å².